The fourth-order valence-electron chi connectivity index (χ4n) is 2.59. The van der Waals surface area contributed by atoms with Gasteiger partial charge in [-0.05, 0) is 33.8 Å². The molecule has 0 amide bonds. The number of hydrogen-bond donors (Lipinski definition) is 3. The van der Waals surface area contributed by atoms with Crippen LogP contribution in [0.25, 0.3) is 0 Å². The van der Waals surface area contributed by atoms with Gasteiger partial charge in [0.15, 0.2) is 5.82 Å². The summed E-state index contributed by atoms with van der Waals surface area (Å²) in [6.45, 7) is 8.32. The van der Waals surface area contributed by atoms with Crippen molar-refractivity contribution in [3.63, 3.8) is 0 Å². The van der Waals surface area contributed by atoms with Crippen LogP contribution in [-0.4, -0.2) is 31.2 Å². The van der Waals surface area contributed by atoms with E-state index in [1.165, 1.54) is 6.33 Å². The minimum Gasteiger partial charge on any atom is -0.308 e. The molecule has 0 atom stereocenters. The number of quaternary nitrogens is 1. The van der Waals surface area contributed by atoms with Crippen molar-refractivity contribution in [3.05, 3.63) is 65.7 Å². The number of aryl methyl sites for hydroxylation is 1. The van der Waals surface area contributed by atoms with Crippen LogP contribution < -0.4 is 10.6 Å². The lowest BCUT2D eigenvalue weighted by molar-refractivity contribution is -0.645. The van der Waals surface area contributed by atoms with Gasteiger partial charge in [0, 0.05) is 18.0 Å². The molecule has 0 fully saturated rings. The molecule has 27 heavy (non-hydrogen) atoms. The van der Waals surface area contributed by atoms with E-state index in [2.05, 4.69) is 46.0 Å². The molecule has 2 heterocycles. The van der Waals surface area contributed by atoms with E-state index in [-0.39, 0.29) is 5.54 Å². The molecular weight excluding hydrogens is 338 g/mol. The Hall–Kier alpha value is -3.19. The van der Waals surface area contributed by atoms with E-state index < -0.39 is 0 Å². The van der Waals surface area contributed by atoms with E-state index in [9.17, 15) is 0 Å². The van der Waals surface area contributed by atoms with Crippen molar-refractivity contribution >= 4 is 23.3 Å². The molecule has 4 N–H and O–H groups in total. The smallest absolute Gasteiger partial charge is 0.239 e. The maximum atomic E-state index is 8.82. The Morgan fingerprint density at radius 3 is 2.30 bits per heavy atom. The standard InChI is InChI=1S/C20H23N7/c1-13-6-8-14(9-7-13)16(21)15-17(26-19-22-10-5-11-23-19)24-12-25-18(15)27-20(2,3)4/h5-12,21H,1-4H3,(H2,22,23,24,25,26,27)/p+1. The van der Waals surface area contributed by atoms with Crippen LogP contribution >= 0.6 is 0 Å². The molecule has 0 unspecified atom stereocenters. The SMILES string of the molecule is Cc1ccc(C(=N)c2c(Nc3ncccn3)ncnc2[NH2+]C(C)(C)C)cc1. The van der Waals surface area contributed by atoms with Gasteiger partial charge in [0.2, 0.25) is 11.8 Å². The zero-order valence-electron chi connectivity index (χ0n) is 16.0. The lowest BCUT2D eigenvalue weighted by atomic mass is 10.0. The number of nitrogens with zero attached hydrogens (tertiary/aromatic N) is 4. The Bertz CT molecular complexity index is 929. The van der Waals surface area contributed by atoms with E-state index >= 15 is 0 Å². The number of anilines is 2. The molecule has 0 saturated heterocycles. The number of nitrogens with two attached hydrogens (primary N) is 1. The van der Waals surface area contributed by atoms with Crippen LogP contribution in [0.1, 0.15) is 37.5 Å². The molecule has 0 radical (unpaired) electrons. The molecular formula is C20H24N7+. The molecule has 0 saturated carbocycles. The average molecular weight is 362 g/mol. The Morgan fingerprint density at radius 2 is 1.67 bits per heavy atom. The van der Waals surface area contributed by atoms with Gasteiger partial charge in [-0.2, -0.15) is 4.98 Å². The van der Waals surface area contributed by atoms with Crippen LogP contribution in [0.2, 0.25) is 0 Å². The predicted molar refractivity (Wildman–Crippen MR) is 106 cm³/mol. The summed E-state index contributed by atoms with van der Waals surface area (Å²) in [5, 5.41) is 14.0. The van der Waals surface area contributed by atoms with Crippen molar-refractivity contribution in [2.75, 3.05) is 5.32 Å². The van der Waals surface area contributed by atoms with Crippen molar-refractivity contribution in [1.29, 1.82) is 5.41 Å². The minimum atomic E-state index is -0.100. The van der Waals surface area contributed by atoms with E-state index in [1.54, 1.807) is 18.5 Å². The largest absolute Gasteiger partial charge is 0.308 e. The highest BCUT2D eigenvalue weighted by atomic mass is 15.2. The van der Waals surface area contributed by atoms with Gasteiger partial charge in [-0.15, -0.1) is 0 Å². The van der Waals surface area contributed by atoms with Gasteiger partial charge < -0.3 is 5.32 Å². The summed E-state index contributed by atoms with van der Waals surface area (Å²) in [6.07, 6.45) is 4.81. The topological polar surface area (TPSA) is 104 Å². The van der Waals surface area contributed by atoms with Crippen molar-refractivity contribution in [3.8, 4) is 0 Å². The zero-order chi connectivity index (χ0) is 19.4. The molecule has 7 heteroatoms. The first-order chi connectivity index (χ1) is 12.8. The monoisotopic (exact) mass is 362 g/mol. The molecule has 2 aromatic heterocycles. The van der Waals surface area contributed by atoms with Crippen molar-refractivity contribution in [1.82, 2.24) is 19.9 Å². The third-order valence-electron chi connectivity index (χ3n) is 3.83. The van der Waals surface area contributed by atoms with Crippen molar-refractivity contribution in [2.45, 2.75) is 33.2 Å². The second-order valence-corrected chi connectivity index (χ2v) is 7.43. The molecule has 1 aromatic carbocycles. The lowest BCUT2D eigenvalue weighted by Gasteiger charge is -2.19. The summed E-state index contributed by atoms with van der Waals surface area (Å²) in [5.41, 5.74) is 2.83. The van der Waals surface area contributed by atoms with Gasteiger partial charge in [0.25, 0.3) is 0 Å². The molecule has 0 aliphatic heterocycles. The van der Waals surface area contributed by atoms with Crippen molar-refractivity contribution in [2.24, 2.45) is 0 Å². The first-order valence-electron chi connectivity index (χ1n) is 8.74. The molecule has 0 aliphatic rings. The van der Waals surface area contributed by atoms with Crippen molar-refractivity contribution < 1.29 is 5.32 Å². The van der Waals surface area contributed by atoms with E-state index in [4.69, 9.17) is 5.41 Å². The number of benzene rings is 1. The maximum Gasteiger partial charge on any atom is 0.239 e. The Morgan fingerprint density at radius 1 is 1.00 bits per heavy atom. The maximum absolute atomic E-state index is 8.82. The zero-order valence-corrected chi connectivity index (χ0v) is 16.0. The summed E-state index contributed by atoms with van der Waals surface area (Å²) in [6, 6.07) is 9.62. The second kappa shape index (κ2) is 7.59. The fraction of sp³-hybridized carbons (Fsp3) is 0.250. The summed E-state index contributed by atoms with van der Waals surface area (Å²) in [7, 11) is 0. The van der Waals surface area contributed by atoms with Crippen LogP contribution in [0.3, 0.4) is 0 Å². The summed E-state index contributed by atoms with van der Waals surface area (Å²) in [4.78, 5) is 17.2. The third kappa shape index (κ3) is 4.71. The van der Waals surface area contributed by atoms with Crippen LogP contribution in [0.4, 0.5) is 17.6 Å². The van der Waals surface area contributed by atoms with Crippen LogP contribution in [0.15, 0.2) is 49.1 Å². The molecule has 3 aromatic rings. The summed E-state index contributed by atoms with van der Waals surface area (Å²) < 4.78 is 0. The fourth-order valence-corrected chi connectivity index (χ4v) is 2.59. The number of aromatic nitrogens is 4. The first kappa shape index (κ1) is 18.6. The Balaban J connectivity index is 2.08. The highest BCUT2D eigenvalue weighted by Crippen LogP contribution is 2.23. The van der Waals surface area contributed by atoms with Gasteiger partial charge in [-0.1, -0.05) is 29.8 Å². The van der Waals surface area contributed by atoms with Gasteiger partial charge in [0.1, 0.15) is 11.9 Å². The third-order valence-corrected chi connectivity index (χ3v) is 3.83. The van der Waals surface area contributed by atoms with Crippen LogP contribution in [0, 0.1) is 12.3 Å². The molecule has 0 aliphatic carbocycles. The Labute approximate surface area is 158 Å². The number of rotatable bonds is 5. The predicted octanol–water partition coefficient (Wildman–Crippen LogP) is 2.73. The Kier molecular flexibility index (Phi) is 5.23. The average Bonchev–Trinajstić information content (AvgIpc) is 2.62. The van der Waals surface area contributed by atoms with Gasteiger partial charge in [0.05, 0.1) is 11.3 Å². The molecule has 0 spiro atoms. The van der Waals surface area contributed by atoms with E-state index in [1.807, 2.05) is 36.5 Å². The first-order valence-corrected chi connectivity index (χ1v) is 8.74. The van der Waals surface area contributed by atoms with Crippen LogP contribution in [0.5, 0.6) is 0 Å². The number of hydrogen-bond acceptors (Lipinski definition) is 6. The van der Waals surface area contributed by atoms with Gasteiger partial charge >= 0.3 is 0 Å². The van der Waals surface area contributed by atoms with E-state index in [0.29, 0.717) is 28.9 Å². The number of nitrogens with one attached hydrogen (secondary N) is 2. The molecule has 138 valence electrons. The molecule has 0 bridgehead atoms. The molecule has 3 rings (SSSR count). The van der Waals surface area contributed by atoms with Crippen LogP contribution in [-0.2, 0) is 0 Å². The summed E-state index contributed by atoms with van der Waals surface area (Å²) in [5.74, 6) is 1.65. The molecule has 7 nitrogen and oxygen atoms in total. The highest BCUT2D eigenvalue weighted by molar-refractivity contribution is 6.15. The summed E-state index contributed by atoms with van der Waals surface area (Å²) >= 11 is 0. The quantitative estimate of drug-likeness (QED) is 0.606. The minimum absolute atomic E-state index is 0.100. The van der Waals surface area contributed by atoms with Gasteiger partial charge in [-0.25, -0.2) is 15.0 Å². The van der Waals surface area contributed by atoms with Gasteiger partial charge in [-0.3, -0.25) is 10.7 Å². The second-order valence-electron chi connectivity index (χ2n) is 7.43. The highest BCUT2D eigenvalue weighted by Gasteiger charge is 2.25. The lowest BCUT2D eigenvalue weighted by Crippen LogP contribution is -2.90. The normalized spacial score (nSPS) is 11.3. The van der Waals surface area contributed by atoms with E-state index in [0.717, 1.165) is 11.1 Å².